The van der Waals surface area contributed by atoms with Crippen LogP contribution < -0.4 is 9.47 Å². The van der Waals surface area contributed by atoms with E-state index in [4.69, 9.17) is 9.47 Å². The van der Waals surface area contributed by atoms with Crippen molar-refractivity contribution in [3.63, 3.8) is 0 Å². The second-order valence-electron chi connectivity index (χ2n) is 11.2. The van der Waals surface area contributed by atoms with Gasteiger partial charge in [-0.25, -0.2) is 13.2 Å². The summed E-state index contributed by atoms with van der Waals surface area (Å²) < 4.78 is 70.1. The summed E-state index contributed by atoms with van der Waals surface area (Å²) in [6, 6.07) is 7.04. The number of rotatable bonds is 9. The van der Waals surface area contributed by atoms with Crippen molar-refractivity contribution in [2.45, 2.75) is 44.9 Å². The summed E-state index contributed by atoms with van der Waals surface area (Å²) in [5.74, 6) is -0.669. The van der Waals surface area contributed by atoms with E-state index in [2.05, 4.69) is 4.98 Å². The molecule has 1 unspecified atom stereocenters. The molecule has 0 radical (unpaired) electrons. The van der Waals surface area contributed by atoms with Crippen molar-refractivity contribution in [2.24, 2.45) is 5.92 Å². The Balaban J connectivity index is 1.49. The Bertz CT molecular complexity index is 1280. The lowest BCUT2D eigenvalue weighted by atomic mass is 9.87. The van der Waals surface area contributed by atoms with Crippen LogP contribution in [0.15, 0.2) is 30.3 Å². The summed E-state index contributed by atoms with van der Waals surface area (Å²) in [7, 11) is 1.58. The number of aromatic amines is 1. The molecule has 2 atom stereocenters. The van der Waals surface area contributed by atoms with Gasteiger partial charge < -0.3 is 14.5 Å². The number of alkyl halides is 2. The highest BCUT2D eigenvalue weighted by atomic mass is 19.1. The Kier molecular flexibility index (Phi) is 7.35. The van der Waals surface area contributed by atoms with Gasteiger partial charge in [-0.05, 0) is 44.9 Å². The van der Waals surface area contributed by atoms with E-state index >= 15 is 8.78 Å². The van der Waals surface area contributed by atoms with Crippen LogP contribution in [0.4, 0.5) is 17.6 Å². The molecule has 3 heterocycles. The lowest BCUT2D eigenvalue weighted by Crippen LogP contribution is -2.49. The number of ether oxygens (including phenoxy) is 2. The minimum Gasteiger partial charge on any atom is -0.497 e. The summed E-state index contributed by atoms with van der Waals surface area (Å²) in [5.41, 5.74) is 0.708. The Hall–Kier alpha value is -2.78. The number of nitrogens with one attached hydrogen (secondary N) is 1. The Labute approximate surface area is 220 Å². The fourth-order valence-electron chi connectivity index (χ4n) is 5.82. The first-order valence-corrected chi connectivity index (χ1v) is 13.1. The third-order valence-corrected chi connectivity index (χ3v) is 7.63. The standard InChI is InChI=1S/C29H35F4N3O2/c1-17-9-22-21-6-5-19(37-4)12-25(21)34-27(22)28(36(17)16-29(2,3)33)26-23(31)10-20(11-24(26)32)38-8-7-35-14-18(13-30)15-35/h5-6,10-12,17-18,28,34H,7-9,13-16H2,1-4H3/t17?,28-/m1/s1. The summed E-state index contributed by atoms with van der Waals surface area (Å²) in [4.78, 5) is 7.25. The molecule has 3 aromatic rings. The summed E-state index contributed by atoms with van der Waals surface area (Å²) >= 11 is 0. The number of hydrogen-bond donors (Lipinski definition) is 1. The fourth-order valence-corrected chi connectivity index (χ4v) is 5.82. The highest BCUT2D eigenvalue weighted by Gasteiger charge is 2.41. The third-order valence-electron chi connectivity index (χ3n) is 7.63. The predicted octanol–water partition coefficient (Wildman–Crippen LogP) is 5.82. The molecule has 206 valence electrons. The Morgan fingerprint density at radius 1 is 1.08 bits per heavy atom. The van der Waals surface area contributed by atoms with E-state index in [9.17, 15) is 8.78 Å². The molecule has 0 aliphatic carbocycles. The van der Waals surface area contributed by atoms with Crippen LogP contribution in [-0.2, 0) is 6.42 Å². The smallest absolute Gasteiger partial charge is 0.135 e. The maximum Gasteiger partial charge on any atom is 0.135 e. The van der Waals surface area contributed by atoms with Crippen molar-refractivity contribution in [3.8, 4) is 11.5 Å². The van der Waals surface area contributed by atoms with Gasteiger partial charge in [0.15, 0.2) is 0 Å². The van der Waals surface area contributed by atoms with Crippen molar-refractivity contribution in [2.75, 3.05) is 46.6 Å². The molecular weight excluding hydrogens is 498 g/mol. The number of H-pyrrole nitrogens is 1. The number of benzene rings is 2. The van der Waals surface area contributed by atoms with E-state index in [0.29, 0.717) is 37.5 Å². The number of likely N-dealkylation sites (tertiary alicyclic amines) is 1. The summed E-state index contributed by atoms with van der Waals surface area (Å²) in [5, 5.41) is 0.957. The number of fused-ring (bicyclic) bond motifs is 3. The topological polar surface area (TPSA) is 40.7 Å². The molecule has 1 saturated heterocycles. The molecule has 0 spiro atoms. The molecule has 2 aliphatic rings. The normalized spacial score (nSPS) is 20.9. The second kappa shape index (κ2) is 10.4. The van der Waals surface area contributed by atoms with E-state index in [-0.39, 0.29) is 43.1 Å². The largest absolute Gasteiger partial charge is 0.497 e. The zero-order valence-electron chi connectivity index (χ0n) is 22.3. The first-order valence-electron chi connectivity index (χ1n) is 13.1. The van der Waals surface area contributed by atoms with Crippen molar-refractivity contribution >= 4 is 10.9 Å². The average molecular weight is 534 g/mol. The number of nitrogens with zero attached hydrogens (tertiary/aromatic N) is 2. The highest BCUT2D eigenvalue weighted by Crippen LogP contribution is 2.44. The monoisotopic (exact) mass is 533 g/mol. The quantitative estimate of drug-likeness (QED) is 0.352. The molecule has 1 N–H and O–H groups in total. The zero-order valence-corrected chi connectivity index (χ0v) is 22.3. The molecule has 1 aromatic heterocycles. The van der Waals surface area contributed by atoms with Gasteiger partial charge in [-0.1, -0.05) is 0 Å². The van der Waals surface area contributed by atoms with E-state index in [1.54, 1.807) is 7.11 Å². The number of halogens is 4. The van der Waals surface area contributed by atoms with Crippen LogP contribution in [0.1, 0.15) is 43.6 Å². The van der Waals surface area contributed by atoms with E-state index in [1.165, 1.54) is 26.0 Å². The fraction of sp³-hybridized carbons (Fsp3) is 0.517. The molecule has 0 amide bonds. The van der Waals surface area contributed by atoms with Crippen molar-refractivity contribution in [1.29, 1.82) is 0 Å². The molecule has 5 nitrogen and oxygen atoms in total. The van der Waals surface area contributed by atoms with Crippen LogP contribution in [0.2, 0.25) is 0 Å². The molecular formula is C29H35F4N3O2. The van der Waals surface area contributed by atoms with E-state index in [0.717, 1.165) is 16.5 Å². The van der Waals surface area contributed by atoms with Crippen LogP contribution in [-0.4, -0.2) is 73.1 Å². The van der Waals surface area contributed by atoms with Crippen LogP contribution in [0.3, 0.4) is 0 Å². The lowest BCUT2D eigenvalue weighted by Gasteiger charge is -2.43. The number of hydrogen-bond acceptors (Lipinski definition) is 4. The highest BCUT2D eigenvalue weighted by molar-refractivity contribution is 5.86. The molecule has 2 aliphatic heterocycles. The van der Waals surface area contributed by atoms with Gasteiger partial charge >= 0.3 is 0 Å². The van der Waals surface area contributed by atoms with E-state index in [1.807, 2.05) is 34.9 Å². The molecule has 0 saturated carbocycles. The first-order chi connectivity index (χ1) is 18.1. The zero-order chi connectivity index (χ0) is 27.2. The van der Waals surface area contributed by atoms with E-state index < -0.39 is 23.3 Å². The van der Waals surface area contributed by atoms with Gasteiger partial charge in [-0.2, -0.15) is 0 Å². The minimum atomic E-state index is -1.58. The van der Waals surface area contributed by atoms with Gasteiger partial charge in [0.2, 0.25) is 0 Å². The Morgan fingerprint density at radius 3 is 2.42 bits per heavy atom. The summed E-state index contributed by atoms with van der Waals surface area (Å²) in [6.07, 6.45) is 0.610. The summed E-state index contributed by atoms with van der Waals surface area (Å²) in [6.45, 7) is 6.71. The van der Waals surface area contributed by atoms with Crippen LogP contribution in [0, 0.1) is 17.6 Å². The molecule has 2 aromatic carbocycles. The SMILES string of the molecule is COc1ccc2c3c([nH]c2c1)[C@@H](c1c(F)cc(OCCN2CC(CF)C2)cc1F)N(CC(C)(C)F)C(C)C3. The molecule has 0 bridgehead atoms. The van der Waals surface area contributed by atoms with Gasteiger partial charge in [0.1, 0.15) is 35.4 Å². The molecule has 38 heavy (non-hydrogen) atoms. The molecule has 1 fully saturated rings. The van der Waals surface area contributed by atoms with Gasteiger partial charge in [-0.3, -0.25) is 14.2 Å². The minimum absolute atomic E-state index is 0.00377. The lowest BCUT2D eigenvalue weighted by molar-refractivity contribution is 0.0637. The first kappa shape index (κ1) is 26.8. The number of methoxy groups -OCH3 is 1. The van der Waals surface area contributed by atoms with Crippen LogP contribution >= 0.6 is 0 Å². The Morgan fingerprint density at radius 2 is 1.79 bits per heavy atom. The third kappa shape index (κ3) is 5.23. The van der Waals surface area contributed by atoms with Crippen molar-refractivity contribution in [1.82, 2.24) is 14.8 Å². The van der Waals surface area contributed by atoms with Crippen molar-refractivity contribution < 1.29 is 27.0 Å². The van der Waals surface area contributed by atoms with Crippen LogP contribution in [0.25, 0.3) is 10.9 Å². The predicted molar refractivity (Wildman–Crippen MR) is 140 cm³/mol. The maximum absolute atomic E-state index is 15.7. The molecule has 5 rings (SSSR count). The number of aromatic nitrogens is 1. The van der Waals surface area contributed by atoms with Crippen LogP contribution in [0.5, 0.6) is 11.5 Å². The maximum atomic E-state index is 15.7. The average Bonchev–Trinajstić information content (AvgIpc) is 3.18. The second-order valence-corrected chi connectivity index (χ2v) is 11.2. The van der Waals surface area contributed by atoms with Crippen molar-refractivity contribution in [3.05, 3.63) is 58.8 Å². The van der Waals surface area contributed by atoms with Gasteiger partial charge in [-0.15, -0.1) is 0 Å². The van der Waals surface area contributed by atoms with Gasteiger partial charge in [0, 0.05) is 78.5 Å². The van der Waals surface area contributed by atoms with Gasteiger partial charge in [0.25, 0.3) is 0 Å². The molecule has 9 heteroatoms. The van der Waals surface area contributed by atoms with Gasteiger partial charge in [0.05, 0.1) is 19.8 Å².